The Hall–Kier alpha value is -1.62. The van der Waals surface area contributed by atoms with Crippen LogP contribution in [0.1, 0.15) is 5.56 Å². The van der Waals surface area contributed by atoms with Crippen LogP contribution < -0.4 is 9.47 Å². The van der Waals surface area contributed by atoms with Crippen LogP contribution in [0.5, 0.6) is 17.4 Å². The minimum Gasteiger partial charge on any atom is -0.497 e. The first-order valence-corrected chi connectivity index (χ1v) is 5.78. The van der Waals surface area contributed by atoms with Gasteiger partial charge in [0.15, 0.2) is 0 Å². The second kappa shape index (κ2) is 5.14. The number of halogens is 1. The van der Waals surface area contributed by atoms with Crippen molar-refractivity contribution in [1.29, 1.82) is 0 Å². The Morgan fingerprint density at radius 2 is 1.82 bits per heavy atom. The Morgan fingerprint density at radius 3 is 2.53 bits per heavy atom. The molecule has 4 nitrogen and oxygen atoms in total. The third kappa shape index (κ3) is 3.17. The monoisotopic (exact) mass is 294 g/mol. The van der Waals surface area contributed by atoms with E-state index in [1.54, 1.807) is 13.2 Å². The highest BCUT2D eigenvalue weighted by Crippen LogP contribution is 2.26. The fourth-order valence-corrected chi connectivity index (χ4v) is 1.67. The van der Waals surface area contributed by atoms with Gasteiger partial charge in [-0.1, -0.05) is 0 Å². The second-order valence-electron chi connectivity index (χ2n) is 3.47. The first-order valence-electron chi connectivity index (χ1n) is 4.98. The van der Waals surface area contributed by atoms with Crippen LogP contribution >= 0.6 is 15.9 Å². The molecule has 0 amide bonds. The van der Waals surface area contributed by atoms with Crippen molar-refractivity contribution in [2.24, 2.45) is 0 Å². The summed E-state index contributed by atoms with van der Waals surface area (Å²) in [6.45, 7) is 1.98. The number of aromatic nitrogens is 2. The van der Waals surface area contributed by atoms with E-state index in [-0.39, 0.29) is 0 Å². The van der Waals surface area contributed by atoms with Gasteiger partial charge in [0.2, 0.25) is 5.88 Å². The summed E-state index contributed by atoms with van der Waals surface area (Å²) in [5, 5.41) is 0. The number of hydrogen-bond donors (Lipinski definition) is 0. The summed E-state index contributed by atoms with van der Waals surface area (Å²) in [4.78, 5) is 7.95. The number of hydrogen-bond acceptors (Lipinski definition) is 4. The van der Waals surface area contributed by atoms with Gasteiger partial charge in [-0.05, 0) is 40.5 Å². The maximum absolute atomic E-state index is 5.62. The number of rotatable bonds is 3. The summed E-state index contributed by atoms with van der Waals surface area (Å²) in [5.74, 6) is 1.93. The molecule has 0 bridgehead atoms. The molecule has 1 heterocycles. The molecule has 1 aromatic heterocycles. The lowest BCUT2D eigenvalue weighted by Crippen LogP contribution is -1.91. The van der Waals surface area contributed by atoms with Crippen LogP contribution in [0.4, 0.5) is 0 Å². The van der Waals surface area contributed by atoms with Gasteiger partial charge < -0.3 is 9.47 Å². The summed E-state index contributed by atoms with van der Waals surface area (Å²) < 4.78 is 11.5. The van der Waals surface area contributed by atoms with E-state index in [4.69, 9.17) is 9.47 Å². The maximum atomic E-state index is 5.62. The molecule has 0 aliphatic carbocycles. The second-order valence-corrected chi connectivity index (χ2v) is 4.28. The zero-order chi connectivity index (χ0) is 12.3. The summed E-state index contributed by atoms with van der Waals surface area (Å²) >= 11 is 3.26. The molecule has 0 aliphatic heterocycles. The smallest absolute Gasteiger partial charge is 0.223 e. The zero-order valence-electron chi connectivity index (χ0n) is 9.48. The first kappa shape index (κ1) is 11.9. The molecule has 0 atom stereocenters. The molecular weight excluding hydrogens is 284 g/mol. The van der Waals surface area contributed by atoms with Gasteiger partial charge in [-0.15, -0.1) is 0 Å². The van der Waals surface area contributed by atoms with E-state index in [0.717, 1.165) is 11.3 Å². The Bertz CT molecular complexity index is 532. The Balaban J connectivity index is 2.26. The predicted molar refractivity (Wildman–Crippen MR) is 67.5 cm³/mol. The summed E-state index contributed by atoms with van der Waals surface area (Å²) in [7, 11) is 1.62. The quantitative estimate of drug-likeness (QED) is 0.815. The van der Waals surface area contributed by atoms with Crippen molar-refractivity contribution in [3.05, 3.63) is 40.8 Å². The van der Waals surface area contributed by atoms with Crippen molar-refractivity contribution in [2.75, 3.05) is 7.11 Å². The van der Waals surface area contributed by atoms with Crippen LogP contribution in [0.3, 0.4) is 0 Å². The maximum Gasteiger partial charge on any atom is 0.223 e. The van der Waals surface area contributed by atoms with Gasteiger partial charge in [0.25, 0.3) is 0 Å². The van der Waals surface area contributed by atoms with Crippen LogP contribution in [0.15, 0.2) is 35.2 Å². The summed E-state index contributed by atoms with van der Waals surface area (Å²) in [6.07, 6.45) is 1.44. The van der Waals surface area contributed by atoms with Gasteiger partial charge in [0.1, 0.15) is 22.4 Å². The zero-order valence-corrected chi connectivity index (χ0v) is 11.1. The molecule has 2 rings (SSSR count). The molecule has 88 valence electrons. The van der Waals surface area contributed by atoms with Gasteiger partial charge in [-0.2, -0.15) is 0 Å². The number of nitrogens with zero attached hydrogens (tertiary/aromatic N) is 2. The van der Waals surface area contributed by atoms with Gasteiger partial charge in [-0.3, -0.25) is 0 Å². The van der Waals surface area contributed by atoms with E-state index < -0.39 is 0 Å². The third-order valence-corrected chi connectivity index (χ3v) is 2.52. The van der Waals surface area contributed by atoms with Crippen LogP contribution in [0.25, 0.3) is 0 Å². The summed E-state index contributed by atoms with van der Waals surface area (Å²) in [5.41, 5.74) is 1.06. The molecule has 5 heteroatoms. The lowest BCUT2D eigenvalue weighted by molar-refractivity contribution is 0.406. The molecule has 0 fully saturated rings. The van der Waals surface area contributed by atoms with Crippen molar-refractivity contribution >= 4 is 15.9 Å². The molecular formula is C12H11BrN2O2. The highest BCUT2D eigenvalue weighted by molar-refractivity contribution is 9.10. The van der Waals surface area contributed by atoms with Crippen molar-refractivity contribution in [2.45, 2.75) is 6.92 Å². The van der Waals surface area contributed by atoms with Crippen LogP contribution in [-0.2, 0) is 0 Å². The minimum atomic E-state index is 0.486. The fraction of sp³-hybridized carbons (Fsp3) is 0.167. The lowest BCUT2D eigenvalue weighted by Gasteiger charge is -2.07. The van der Waals surface area contributed by atoms with Gasteiger partial charge in [0.05, 0.1) is 7.11 Å². The lowest BCUT2D eigenvalue weighted by atomic mass is 10.2. The average Bonchev–Trinajstić information content (AvgIpc) is 2.28. The fourth-order valence-electron chi connectivity index (χ4n) is 1.38. The topological polar surface area (TPSA) is 44.2 Å². The van der Waals surface area contributed by atoms with Crippen molar-refractivity contribution in [1.82, 2.24) is 9.97 Å². The Morgan fingerprint density at radius 1 is 1.06 bits per heavy atom. The van der Waals surface area contributed by atoms with E-state index in [1.165, 1.54) is 6.33 Å². The Labute approximate surface area is 108 Å². The standard InChI is InChI=1S/C12H11BrN2O2/c1-8-3-9(16-2)5-10(4-8)17-12-6-11(13)14-7-15-12/h3-7H,1-2H3. The van der Waals surface area contributed by atoms with Crippen molar-refractivity contribution in [3.63, 3.8) is 0 Å². The average molecular weight is 295 g/mol. The number of methoxy groups -OCH3 is 1. The van der Waals surface area contributed by atoms with Crippen LogP contribution in [0, 0.1) is 6.92 Å². The molecule has 1 aromatic carbocycles. The van der Waals surface area contributed by atoms with E-state index in [0.29, 0.717) is 16.2 Å². The normalized spacial score (nSPS) is 10.1. The molecule has 0 spiro atoms. The van der Waals surface area contributed by atoms with Gasteiger partial charge in [-0.25, -0.2) is 9.97 Å². The first-order chi connectivity index (χ1) is 8.17. The van der Waals surface area contributed by atoms with Crippen LogP contribution in [0.2, 0.25) is 0 Å². The van der Waals surface area contributed by atoms with Gasteiger partial charge >= 0.3 is 0 Å². The number of benzene rings is 1. The van der Waals surface area contributed by atoms with E-state index in [9.17, 15) is 0 Å². The minimum absolute atomic E-state index is 0.486. The molecule has 0 radical (unpaired) electrons. The van der Waals surface area contributed by atoms with Crippen LogP contribution in [-0.4, -0.2) is 17.1 Å². The predicted octanol–water partition coefficient (Wildman–Crippen LogP) is 3.35. The SMILES string of the molecule is COc1cc(C)cc(Oc2cc(Br)ncn2)c1. The van der Waals surface area contributed by atoms with Gasteiger partial charge in [0, 0.05) is 12.1 Å². The molecule has 0 unspecified atom stereocenters. The molecule has 0 saturated carbocycles. The van der Waals surface area contributed by atoms with Crippen molar-refractivity contribution in [3.8, 4) is 17.4 Å². The largest absolute Gasteiger partial charge is 0.497 e. The Kier molecular flexibility index (Phi) is 3.58. The highest BCUT2D eigenvalue weighted by atomic mass is 79.9. The molecule has 17 heavy (non-hydrogen) atoms. The van der Waals surface area contributed by atoms with E-state index in [2.05, 4.69) is 25.9 Å². The van der Waals surface area contributed by atoms with E-state index >= 15 is 0 Å². The molecule has 0 N–H and O–H groups in total. The van der Waals surface area contributed by atoms with E-state index in [1.807, 2.05) is 25.1 Å². The third-order valence-electron chi connectivity index (χ3n) is 2.09. The summed E-state index contributed by atoms with van der Waals surface area (Å²) in [6, 6.07) is 7.36. The number of ether oxygens (including phenoxy) is 2. The molecule has 0 aliphatic rings. The number of aryl methyl sites for hydroxylation is 1. The molecule has 2 aromatic rings. The van der Waals surface area contributed by atoms with Crippen molar-refractivity contribution < 1.29 is 9.47 Å². The highest BCUT2D eigenvalue weighted by Gasteiger charge is 2.03. The molecule has 0 saturated heterocycles.